The zero-order valence-corrected chi connectivity index (χ0v) is 14.3. The summed E-state index contributed by atoms with van der Waals surface area (Å²) < 4.78 is 16.7. The molecule has 25 heavy (non-hydrogen) atoms. The van der Waals surface area contributed by atoms with Gasteiger partial charge in [-0.2, -0.15) is 0 Å². The molecule has 0 radical (unpaired) electrons. The minimum Gasteiger partial charge on any atom is -0.493 e. The van der Waals surface area contributed by atoms with Gasteiger partial charge in [0, 0.05) is 12.0 Å². The van der Waals surface area contributed by atoms with Crippen molar-refractivity contribution in [3.8, 4) is 17.2 Å². The molecule has 5 nitrogen and oxygen atoms in total. The average molecular weight is 360 g/mol. The molecule has 2 heterocycles. The van der Waals surface area contributed by atoms with E-state index in [0.29, 0.717) is 36.3 Å². The zero-order valence-electron chi connectivity index (χ0n) is 13.6. The predicted molar refractivity (Wildman–Crippen MR) is 93.6 cm³/mol. The molecule has 0 spiro atoms. The van der Waals surface area contributed by atoms with Crippen LogP contribution in [0.5, 0.6) is 17.2 Å². The van der Waals surface area contributed by atoms with Crippen LogP contribution in [-0.2, 0) is 11.2 Å². The highest BCUT2D eigenvalue weighted by molar-refractivity contribution is 6.32. The lowest BCUT2D eigenvalue weighted by Crippen LogP contribution is -2.33. The fourth-order valence-electron chi connectivity index (χ4n) is 3.19. The summed E-state index contributed by atoms with van der Waals surface area (Å²) in [6.07, 6.45) is 0.987. The van der Waals surface area contributed by atoms with Gasteiger partial charge in [0.25, 0.3) is 0 Å². The number of ether oxygens (including phenoxy) is 3. The van der Waals surface area contributed by atoms with Gasteiger partial charge in [-0.15, -0.1) is 0 Å². The number of para-hydroxylation sites is 1. The first-order valence-electron chi connectivity index (χ1n) is 8.30. The van der Waals surface area contributed by atoms with Gasteiger partial charge < -0.3 is 19.5 Å². The Morgan fingerprint density at radius 3 is 2.80 bits per heavy atom. The molecule has 0 aliphatic carbocycles. The summed E-state index contributed by atoms with van der Waals surface area (Å²) in [5.74, 6) is 1.92. The molecule has 2 aliphatic rings. The first-order chi connectivity index (χ1) is 12.2. The van der Waals surface area contributed by atoms with Crippen molar-refractivity contribution in [2.75, 3.05) is 19.8 Å². The van der Waals surface area contributed by atoms with Crippen LogP contribution in [0.3, 0.4) is 0 Å². The number of benzene rings is 2. The molecule has 2 aromatic carbocycles. The second kappa shape index (κ2) is 6.84. The second-order valence-corrected chi connectivity index (χ2v) is 6.48. The summed E-state index contributed by atoms with van der Waals surface area (Å²) in [6, 6.07) is 11.3. The Kier molecular flexibility index (Phi) is 4.40. The highest BCUT2D eigenvalue weighted by atomic mass is 35.5. The number of hydrogen-bond donors (Lipinski definition) is 1. The molecule has 2 aliphatic heterocycles. The van der Waals surface area contributed by atoms with E-state index in [9.17, 15) is 4.79 Å². The van der Waals surface area contributed by atoms with Gasteiger partial charge >= 0.3 is 0 Å². The van der Waals surface area contributed by atoms with Gasteiger partial charge in [0.2, 0.25) is 5.91 Å². The standard InChI is InChI=1S/C19H18ClNO4/c20-14-9-12(10-17-19(14)25-8-7-24-17)11-18(22)21-15-5-6-23-16-4-2-1-3-13(15)16/h1-4,9-10,15H,5-8,11H2,(H,21,22)/t15-/m1/s1. The van der Waals surface area contributed by atoms with E-state index in [1.807, 2.05) is 30.3 Å². The molecule has 1 atom stereocenters. The van der Waals surface area contributed by atoms with Gasteiger partial charge in [-0.3, -0.25) is 4.79 Å². The van der Waals surface area contributed by atoms with E-state index in [0.717, 1.165) is 23.3 Å². The largest absolute Gasteiger partial charge is 0.493 e. The molecule has 6 heteroatoms. The van der Waals surface area contributed by atoms with Crippen LogP contribution in [0.25, 0.3) is 0 Å². The van der Waals surface area contributed by atoms with E-state index >= 15 is 0 Å². The van der Waals surface area contributed by atoms with Gasteiger partial charge in [0.15, 0.2) is 11.5 Å². The van der Waals surface area contributed by atoms with Crippen LogP contribution in [-0.4, -0.2) is 25.7 Å². The smallest absolute Gasteiger partial charge is 0.224 e. The molecule has 0 saturated heterocycles. The summed E-state index contributed by atoms with van der Waals surface area (Å²) in [7, 11) is 0. The van der Waals surface area contributed by atoms with Gasteiger partial charge in [-0.25, -0.2) is 0 Å². The van der Waals surface area contributed by atoms with Gasteiger partial charge in [-0.1, -0.05) is 29.8 Å². The zero-order chi connectivity index (χ0) is 17.2. The minimum atomic E-state index is -0.0607. The number of fused-ring (bicyclic) bond motifs is 2. The molecule has 0 saturated carbocycles. The topological polar surface area (TPSA) is 56.8 Å². The average Bonchev–Trinajstić information content (AvgIpc) is 2.62. The maximum Gasteiger partial charge on any atom is 0.224 e. The van der Waals surface area contributed by atoms with Gasteiger partial charge in [0.1, 0.15) is 19.0 Å². The summed E-state index contributed by atoms with van der Waals surface area (Å²) in [5, 5.41) is 3.56. The van der Waals surface area contributed by atoms with Crippen molar-refractivity contribution >= 4 is 17.5 Å². The van der Waals surface area contributed by atoms with E-state index in [-0.39, 0.29) is 18.4 Å². The summed E-state index contributed by atoms with van der Waals surface area (Å²) in [5.41, 5.74) is 1.81. The normalized spacial score (nSPS) is 18.0. The van der Waals surface area contributed by atoms with Crippen molar-refractivity contribution < 1.29 is 19.0 Å². The van der Waals surface area contributed by atoms with Crippen LogP contribution in [0.4, 0.5) is 0 Å². The van der Waals surface area contributed by atoms with E-state index in [4.69, 9.17) is 25.8 Å². The quantitative estimate of drug-likeness (QED) is 0.913. The lowest BCUT2D eigenvalue weighted by Gasteiger charge is -2.26. The number of carbonyl (C=O) groups is 1. The number of nitrogens with one attached hydrogen (secondary N) is 1. The second-order valence-electron chi connectivity index (χ2n) is 6.07. The van der Waals surface area contributed by atoms with E-state index in [2.05, 4.69) is 5.32 Å². The van der Waals surface area contributed by atoms with Crippen LogP contribution >= 0.6 is 11.6 Å². The third kappa shape index (κ3) is 3.37. The Balaban J connectivity index is 1.47. The lowest BCUT2D eigenvalue weighted by atomic mass is 10.00. The molecule has 0 aromatic heterocycles. The molecule has 1 amide bonds. The molecule has 130 valence electrons. The lowest BCUT2D eigenvalue weighted by molar-refractivity contribution is -0.121. The third-order valence-electron chi connectivity index (χ3n) is 4.32. The maximum atomic E-state index is 12.5. The van der Waals surface area contributed by atoms with Crippen molar-refractivity contribution in [3.05, 3.63) is 52.5 Å². The highest BCUT2D eigenvalue weighted by Gasteiger charge is 2.23. The fraction of sp³-hybridized carbons (Fsp3) is 0.316. The Morgan fingerprint density at radius 1 is 1.08 bits per heavy atom. The van der Waals surface area contributed by atoms with Crippen molar-refractivity contribution in [2.45, 2.75) is 18.9 Å². The summed E-state index contributed by atoms with van der Waals surface area (Å²) in [4.78, 5) is 12.5. The Bertz CT molecular complexity index is 808. The number of amides is 1. The van der Waals surface area contributed by atoms with Crippen molar-refractivity contribution in [2.24, 2.45) is 0 Å². The Labute approximate surface area is 150 Å². The van der Waals surface area contributed by atoms with Crippen molar-refractivity contribution in [1.82, 2.24) is 5.32 Å². The van der Waals surface area contributed by atoms with Crippen LogP contribution in [0.1, 0.15) is 23.6 Å². The van der Waals surface area contributed by atoms with Crippen molar-refractivity contribution in [3.63, 3.8) is 0 Å². The van der Waals surface area contributed by atoms with Crippen LogP contribution in [0.15, 0.2) is 36.4 Å². The van der Waals surface area contributed by atoms with Crippen LogP contribution in [0.2, 0.25) is 5.02 Å². The molecule has 0 unspecified atom stereocenters. The molecular formula is C19H18ClNO4. The number of halogens is 1. The number of rotatable bonds is 3. The number of carbonyl (C=O) groups excluding carboxylic acids is 1. The Hall–Kier alpha value is -2.40. The molecule has 4 rings (SSSR count). The summed E-state index contributed by atoms with van der Waals surface area (Å²) in [6.45, 7) is 1.56. The molecule has 0 fully saturated rings. The summed E-state index contributed by atoms with van der Waals surface area (Å²) >= 11 is 6.24. The van der Waals surface area contributed by atoms with Gasteiger partial charge in [-0.05, 0) is 23.8 Å². The van der Waals surface area contributed by atoms with Crippen LogP contribution in [0, 0.1) is 0 Å². The number of hydrogen-bond acceptors (Lipinski definition) is 4. The first kappa shape index (κ1) is 16.1. The monoisotopic (exact) mass is 359 g/mol. The van der Waals surface area contributed by atoms with E-state index in [1.165, 1.54) is 0 Å². The minimum absolute atomic E-state index is 0.0369. The van der Waals surface area contributed by atoms with Crippen molar-refractivity contribution in [1.29, 1.82) is 0 Å². The first-order valence-corrected chi connectivity index (χ1v) is 8.67. The van der Waals surface area contributed by atoms with E-state index in [1.54, 1.807) is 6.07 Å². The third-order valence-corrected chi connectivity index (χ3v) is 4.60. The molecule has 0 bridgehead atoms. The van der Waals surface area contributed by atoms with Crippen LogP contribution < -0.4 is 19.5 Å². The Morgan fingerprint density at radius 2 is 1.88 bits per heavy atom. The van der Waals surface area contributed by atoms with Gasteiger partial charge in [0.05, 0.1) is 24.1 Å². The van der Waals surface area contributed by atoms with E-state index < -0.39 is 0 Å². The fourth-order valence-corrected chi connectivity index (χ4v) is 3.48. The molecular weight excluding hydrogens is 342 g/mol. The predicted octanol–water partition coefficient (Wildman–Crippen LogP) is 3.29. The maximum absolute atomic E-state index is 12.5. The molecule has 2 aromatic rings. The molecule has 1 N–H and O–H groups in total. The SMILES string of the molecule is O=C(Cc1cc(Cl)c2c(c1)OCCO2)N[C@@H]1CCOc2ccccc21. The highest BCUT2D eigenvalue weighted by Crippen LogP contribution is 2.38.